The molecule has 2 unspecified atom stereocenters. The highest BCUT2D eigenvalue weighted by Crippen LogP contribution is 2.38. The molecule has 258 valence electrons. The Bertz CT molecular complexity index is 1630. The SMILES string of the molecule is CC(C)(Oc1cccc(N2CC(C(=O)N(Cc3ccc(C4=CCCCC4)cc3)C3CC3)CC(c3ccccc3)C2)c1)C(=O)N1CCNCC1. The van der Waals surface area contributed by atoms with Crippen molar-refractivity contribution >= 4 is 23.1 Å². The van der Waals surface area contributed by atoms with Crippen molar-refractivity contribution < 1.29 is 14.3 Å². The number of anilines is 1. The summed E-state index contributed by atoms with van der Waals surface area (Å²) in [6.07, 6.45) is 10.3. The van der Waals surface area contributed by atoms with E-state index >= 15 is 0 Å². The van der Waals surface area contributed by atoms with Crippen LogP contribution in [-0.2, 0) is 16.1 Å². The number of carbonyl (C=O) groups excluding carboxylic acids is 2. The Hall–Kier alpha value is -4.10. The molecule has 1 N–H and O–H groups in total. The highest BCUT2D eigenvalue weighted by molar-refractivity contribution is 5.85. The second-order valence-corrected chi connectivity index (χ2v) is 15.0. The van der Waals surface area contributed by atoms with Gasteiger partial charge in [0, 0.05) is 69.5 Å². The molecule has 2 amide bonds. The minimum atomic E-state index is -0.987. The van der Waals surface area contributed by atoms with Crippen LogP contribution in [0.2, 0.25) is 0 Å². The monoisotopic (exact) mass is 660 g/mol. The second kappa shape index (κ2) is 14.8. The van der Waals surface area contributed by atoms with Crippen LogP contribution in [0.4, 0.5) is 5.69 Å². The fourth-order valence-electron chi connectivity index (χ4n) is 7.92. The van der Waals surface area contributed by atoms with E-state index in [4.69, 9.17) is 4.74 Å². The predicted molar refractivity (Wildman–Crippen MR) is 197 cm³/mol. The first-order valence-corrected chi connectivity index (χ1v) is 18.5. The first kappa shape index (κ1) is 33.4. The molecule has 3 fully saturated rings. The Labute approximate surface area is 292 Å². The van der Waals surface area contributed by atoms with E-state index in [2.05, 4.69) is 81.9 Å². The fraction of sp³-hybridized carbons (Fsp3) is 0.476. The highest BCUT2D eigenvalue weighted by atomic mass is 16.5. The van der Waals surface area contributed by atoms with E-state index in [-0.39, 0.29) is 23.7 Å². The van der Waals surface area contributed by atoms with Crippen LogP contribution in [0.3, 0.4) is 0 Å². The fourth-order valence-corrected chi connectivity index (χ4v) is 7.92. The van der Waals surface area contributed by atoms with Gasteiger partial charge in [0.15, 0.2) is 5.60 Å². The molecule has 0 bridgehead atoms. The van der Waals surface area contributed by atoms with Gasteiger partial charge in [-0.3, -0.25) is 9.59 Å². The average molecular weight is 661 g/mol. The van der Waals surface area contributed by atoms with Crippen molar-refractivity contribution in [3.63, 3.8) is 0 Å². The Morgan fingerprint density at radius 1 is 0.918 bits per heavy atom. The molecular formula is C42H52N4O3. The molecule has 4 aliphatic rings. The van der Waals surface area contributed by atoms with Crippen molar-refractivity contribution in [2.45, 2.75) is 82.9 Å². The van der Waals surface area contributed by atoms with E-state index in [1.54, 1.807) is 0 Å². The van der Waals surface area contributed by atoms with Crippen molar-refractivity contribution in [1.82, 2.24) is 15.1 Å². The van der Waals surface area contributed by atoms with Crippen LogP contribution in [0.25, 0.3) is 5.57 Å². The van der Waals surface area contributed by atoms with Crippen LogP contribution in [0.5, 0.6) is 5.75 Å². The number of ether oxygens (including phenoxy) is 1. The summed E-state index contributed by atoms with van der Waals surface area (Å²) in [5.74, 6) is 1.04. The Morgan fingerprint density at radius 2 is 1.69 bits per heavy atom. The molecule has 2 aliphatic carbocycles. The standard InChI is InChI=1S/C42H52N4O3/c1-42(2,41(48)44-24-22-43-23-25-44)49-39-15-9-14-38(27-39)45-29-35(33-12-7-4-8-13-33)26-36(30-45)40(47)46(37-20-21-37)28-31-16-18-34(19-17-31)32-10-5-3-6-11-32/h4,7-10,12-19,27,35-37,43H,3,5-6,11,20-26,28-30H2,1-2H3. The van der Waals surface area contributed by atoms with Gasteiger partial charge in [0.05, 0.1) is 5.92 Å². The van der Waals surface area contributed by atoms with Crippen LogP contribution in [0.1, 0.15) is 81.4 Å². The molecule has 49 heavy (non-hydrogen) atoms. The quantitative estimate of drug-likeness (QED) is 0.253. The summed E-state index contributed by atoms with van der Waals surface area (Å²) in [6, 6.07) is 28.0. The van der Waals surface area contributed by atoms with Crippen LogP contribution < -0.4 is 15.0 Å². The topological polar surface area (TPSA) is 65.1 Å². The molecule has 2 heterocycles. The van der Waals surface area contributed by atoms with Crippen molar-refractivity contribution in [1.29, 1.82) is 0 Å². The summed E-state index contributed by atoms with van der Waals surface area (Å²) >= 11 is 0. The van der Waals surface area contributed by atoms with Gasteiger partial charge in [0.25, 0.3) is 5.91 Å². The van der Waals surface area contributed by atoms with Crippen LogP contribution in [0, 0.1) is 5.92 Å². The van der Waals surface area contributed by atoms with Gasteiger partial charge in [-0.15, -0.1) is 0 Å². The van der Waals surface area contributed by atoms with E-state index < -0.39 is 5.60 Å². The zero-order valence-electron chi connectivity index (χ0n) is 29.3. The molecular weight excluding hydrogens is 608 g/mol. The lowest BCUT2D eigenvalue weighted by Gasteiger charge is -2.41. The van der Waals surface area contributed by atoms with E-state index in [9.17, 15) is 9.59 Å². The summed E-state index contributed by atoms with van der Waals surface area (Å²) in [6.45, 7) is 8.85. The molecule has 0 spiro atoms. The maximum Gasteiger partial charge on any atom is 0.266 e. The molecule has 1 saturated carbocycles. The number of allylic oxidation sites excluding steroid dienone is 2. The first-order chi connectivity index (χ1) is 23.8. The van der Waals surface area contributed by atoms with Crippen molar-refractivity contribution in [3.8, 4) is 5.75 Å². The predicted octanol–water partition coefficient (Wildman–Crippen LogP) is 7.03. The number of rotatable bonds is 10. The molecule has 2 atom stereocenters. The summed E-state index contributed by atoms with van der Waals surface area (Å²) in [5, 5.41) is 3.31. The van der Waals surface area contributed by atoms with Gasteiger partial charge in [-0.05, 0) is 93.2 Å². The second-order valence-electron chi connectivity index (χ2n) is 15.0. The molecule has 2 aliphatic heterocycles. The summed E-state index contributed by atoms with van der Waals surface area (Å²) in [4.78, 5) is 34.4. The van der Waals surface area contributed by atoms with E-state index in [0.717, 1.165) is 51.0 Å². The molecule has 7 heteroatoms. The minimum absolute atomic E-state index is 0.00746. The third kappa shape index (κ3) is 8.04. The van der Waals surface area contributed by atoms with Gasteiger partial charge in [-0.2, -0.15) is 0 Å². The number of amides is 2. The molecule has 2 saturated heterocycles. The van der Waals surface area contributed by atoms with Crippen molar-refractivity contribution in [3.05, 3.63) is 102 Å². The first-order valence-electron chi connectivity index (χ1n) is 18.5. The number of piperidine rings is 1. The molecule has 0 radical (unpaired) electrons. The van der Waals surface area contributed by atoms with E-state index in [1.807, 2.05) is 36.9 Å². The zero-order chi connectivity index (χ0) is 33.8. The largest absolute Gasteiger partial charge is 0.478 e. The van der Waals surface area contributed by atoms with Gasteiger partial charge < -0.3 is 24.8 Å². The van der Waals surface area contributed by atoms with Crippen LogP contribution in [-0.4, -0.2) is 72.5 Å². The lowest BCUT2D eigenvalue weighted by Crippen LogP contribution is -2.54. The summed E-state index contributed by atoms with van der Waals surface area (Å²) in [5.41, 5.74) is 5.29. The summed E-state index contributed by atoms with van der Waals surface area (Å²) < 4.78 is 6.41. The lowest BCUT2D eigenvalue weighted by molar-refractivity contribution is -0.146. The van der Waals surface area contributed by atoms with Crippen molar-refractivity contribution in [2.24, 2.45) is 5.92 Å². The number of nitrogens with one attached hydrogen (secondary N) is 1. The maximum atomic E-state index is 14.6. The summed E-state index contributed by atoms with van der Waals surface area (Å²) in [7, 11) is 0. The van der Waals surface area contributed by atoms with Gasteiger partial charge >= 0.3 is 0 Å². The number of piperazine rings is 1. The van der Waals surface area contributed by atoms with Crippen molar-refractivity contribution in [2.75, 3.05) is 44.2 Å². The maximum absolute atomic E-state index is 14.6. The number of hydrogen-bond acceptors (Lipinski definition) is 5. The molecule has 0 aromatic heterocycles. The molecule has 7 nitrogen and oxygen atoms in total. The lowest BCUT2D eigenvalue weighted by atomic mass is 9.83. The minimum Gasteiger partial charge on any atom is -0.478 e. The van der Waals surface area contributed by atoms with Gasteiger partial charge in [0.2, 0.25) is 5.91 Å². The molecule has 3 aromatic carbocycles. The smallest absolute Gasteiger partial charge is 0.266 e. The highest BCUT2D eigenvalue weighted by Gasteiger charge is 2.40. The Morgan fingerprint density at radius 3 is 2.41 bits per heavy atom. The van der Waals surface area contributed by atoms with Gasteiger partial charge in [0.1, 0.15) is 5.75 Å². The average Bonchev–Trinajstić information content (AvgIpc) is 4.00. The molecule has 3 aromatic rings. The van der Waals surface area contributed by atoms with E-state index in [1.165, 1.54) is 41.5 Å². The third-order valence-corrected chi connectivity index (χ3v) is 10.8. The Kier molecular flexibility index (Phi) is 10.1. The van der Waals surface area contributed by atoms with Crippen LogP contribution >= 0.6 is 0 Å². The third-order valence-electron chi connectivity index (χ3n) is 10.8. The number of nitrogens with zero attached hydrogens (tertiary/aromatic N) is 3. The zero-order valence-corrected chi connectivity index (χ0v) is 29.3. The van der Waals surface area contributed by atoms with Gasteiger partial charge in [-0.1, -0.05) is 66.7 Å². The van der Waals surface area contributed by atoms with Crippen LogP contribution in [0.15, 0.2) is 84.9 Å². The molecule has 7 rings (SSSR count). The number of benzene rings is 3. The van der Waals surface area contributed by atoms with E-state index in [0.29, 0.717) is 38.0 Å². The Balaban J connectivity index is 1.09. The number of carbonyl (C=O) groups is 2. The number of hydrogen-bond donors (Lipinski definition) is 1. The normalized spacial score (nSPS) is 21.6. The van der Waals surface area contributed by atoms with Gasteiger partial charge in [-0.25, -0.2) is 0 Å².